The molecule has 1 N–H and O–H groups in total. The van der Waals surface area contributed by atoms with Gasteiger partial charge in [-0.1, -0.05) is 42.1 Å². The summed E-state index contributed by atoms with van der Waals surface area (Å²) in [6.07, 6.45) is 0. The molecule has 3 aromatic rings. The molecule has 0 fully saturated rings. The first-order chi connectivity index (χ1) is 13.4. The van der Waals surface area contributed by atoms with E-state index in [9.17, 15) is 9.59 Å². The zero-order valence-electron chi connectivity index (χ0n) is 16.0. The van der Waals surface area contributed by atoms with Crippen LogP contribution in [0.3, 0.4) is 0 Å². The van der Waals surface area contributed by atoms with Gasteiger partial charge in [0.15, 0.2) is 0 Å². The number of pyridine rings is 1. The molecule has 0 bridgehead atoms. The highest BCUT2D eigenvalue weighted by molar-refractivity contribution is 8.00. The number of anilines is 2. The maximum atomic E-state index is 13.1. The monoisotopic (exact) mass is 391 g/mol. The number of para-hydroxylation sites is 3. The quantitative estimate of drug-likeness (QED) is 0.676. The summed E-state index contributed by atoms with van der Waals surface area (Å²) in [5, 5.41) is 4.39. The van der Waals surface area contributed by atoms with E-state index >= 15 is 0 Å². The lowest BCUT2D eigenvalue weighted by atomic mass is 10.1. The predicted octanol–water partition coefficient (Wildman–Crippen LogP) is 4.32. The topological polar surface area (TPSA) is 62.3 Å². The van der Waals surface area contributed by atoms with E-state index in [1.165, 1.54) is 11.8 Å². The van der Waals surface area contributed by atoms with Crippen LogP contribution >= 0.6 is 11.8 Å². The van der Waals surface area contributed by atoms with Crippen LogP contribution in [0.2, 0.25) is 0 Å². The summed E-state index contributed by atoms with van der Waals surface area (Å²) in [7, 11) is 0. The molecule has 2 amide bonds. The van der Waals surface area contributed by atoms with E-state index in [1.807, 2.05) is 56.3 Å². The first-order valence-corrected chi connectivity index (χ1v) is 10.1. The van der Waals surface area contributed by atoms with Gasteiger partial charge in [-0.05, 0) is 50.1 Å². The maximum absolute atomic E-state index is 13.1. The number of benzene rings is 2. The summed E-state index contributed by atoms with van der Waals surface area (Å²) in [5.41, 5.74) is 4.62. The van der Waals surface area contributed by atoms with Crippen LogP contribution in [0, 0.1) is 13.8 Å². The summed E-state index contributed by atoms with van der Waals surface area (Å²) in [6, 6.07) is 15.5. The molecule has 5 nitrogen and oxygen atoms in total. The summed E-state index contributed by atoms with van der Waals surface area (Å²) in [5.74, 6) is -0.281. The van der Waals surface area contributed by atoms with Crippen LogP contribution in [0.4, 0.5) is 11.4 Å². The number of nitrogens with zero attached hydrogens (tertiary/aromatic N) is 2. The number of hydrogen-bond donors (Lipinski definition) is 1. The number of carbonyl (C=O) groups is 2. The van der Waals surface area contributed by atoms with E-state index < -0.39 is 0 Å². The van der Waals surface area contributed by atoms with Gasteiger partial charge in [0.1, 0.15) is 6.54 Å². The SMILES string of the molecule is Cc1cc(S[C@H](C)C(=O)N2CC(=O)Nc3ccccc32)nc2c(C)cccc12. The van der Waals surface area contributed by atoms with Gasteiger partial charge in [0, 0.05) is 5.39 Å². The van der Waals surface area contributed by atoms with Gasteiger partial charge in [0.25, 0.3) is 0 Å². The number of carbonyl (C=O) groups excluding carboxylic acids is 2. The van der Waals surface area contributed by atoms with Crippen LogP contribution in [0.15, 0.2) is 53.6 Å². The van der Waals surface area contributed by atoms with Crippen LogP contribution in [0.25, 0.3) is 10.9 Å². The van der Waals surface area contributed by atoms with E-state index in [-0.39, 0.29) is 23.6 Å². The van der Waals surface area contributed by atoms with E-state index in [0.717, 1.165) is 32.7 Å². The second kappa shape index (κ2) is 7.28. The van der Waals surface area contributed by atoms with Crippen molar-refractivity contribution in [2.24, 2.45) is 0 Å². The number of aryl methyl sites for hydroxylation is 2. The van der Waals surface area contributed by atoms with Gasteiger partial charge in [0.2, 0.25) is 11.8 Å². The van der Waals surface area contributed by atoms with Gasteiger partial charge >= 0.3 is 0 Å². The number of hydrogen-bond acceptors (Lipinski definition) is 4. The third kappa shape index (κ3) is 3.36. The van der Waals surface area contributed by atoms with Crippen molar-refractivity contribution in [2.45, 2.75) is 31.0 Å². The minimum atomic E-state index is -0.368. The second-order valence-electron chi connectivity index (χ2n) is 7.00. The van der Waals surface area contributed by atoms with Crippen molar-refractivity contribution < 1.29 is 9.59 Å². The van der Waals surface area contributed by atoms with E-state index in [4.69, 9.17) is 4.98 Å². The zero-order valence-corrected chi connectivity index (χ0v) is 16.8. The Kier molecular flexibility index (Phi) is 4.81. The van der Waals surface area contributed by atoms with E-state index in [1.54, 1.807) is 4.90 Å². The number of fused-ring (bicyclic) bond motifs is 2. The average molecular weight is 391 g/mol. The largest absolute Gasteiger partial charge is 0.323 e. The minimum absolute atomic E-state index is 0.0318. The van der Waals surface area contributed by atoms with Gasteiger partial charge in [-0.2, -0.15) is 0 Å². The number of thioether (sulfide) groups is 1. The molecule has 0 saturated heterocycles. The molecule has 0 radical (unpaired) electrons. The molecule has 0 saturated carbocycles. The molecule has 142 valence electrons. The number of rotatable bonds is 3. The number of aromatic nitrogens is 1. The summed E-state index contributed by atoms with van der Waals surface area (Å²) in [4.78, 5) is 31.5. The molecule has 4 rings (SSSR count). The van der Waals surface area contributed by atoms with Crippen molar-refractivity contribution >= 4 is 45.9 Å². The van der Waals surface area contributed by atoms with Crippen molar-refractivity contribution in [3.63, 3.8) is 0 Å². The fourth-order valence-electron chi connectivity index (χ4n) is 3.47. The fourth-order valence-corrected chi connectivity index (χ4v) is 4.45. The summed E-state index contributed by atoms with van der Waals surface area (Å²) < 4.78 is 0. The molecule has 2 aromatic carbocycles. The number of amides is 2. The molecule has 6 heteroatoms. The Morgan fingerprint density at radius 3 is 2.75 bits per heavy atom. The molecular formula is C22H21N3O2S. The highest BCUT2D eigenvalue weighted by Gasteiger charge is 2.30. The highest BCUT2D eigenvalue weighted by Crippen LogP contribution is 2.33. The normalized spacial score (nSPS) is 14.5. The Morgan fingerprint density at radius 2 is 1.93 bits per heavy atom. The average Bonchev–Trinajstić information content (AvgIpc) is 2.67. The van der Waals surface area contributed by atoms with E-state index in [2.05, 4.69) is 18.3 Å². The summed E-state index contributed by atoms with van der Waals surface area (Å²) >= 11 is 1.42. The second-order valence-corrected chi connectivity index (χ2v) is 8.36. The van der Waals surface area contributed by atoms with Gasteiger partial charge in [-0.3, -0.25) is 14.5 Å². The molecule has 0 aliphatic carbocycles. The third-order valence-corrected chi connectivity index (χ3v) is 5.91. The van der Waals surface area contributed by atoms with Gasteiger partial charge < -0.3 is 5.32 Å². The van der Waals surface area contributed by atoms with Crippen molar-refractivity contribution in [1.29, 1.82) is 0 Å². The van der Waals surface area contributed by atoms with Gasteiger partial charge in [-0.25, -0.2) is 4.98 Å². The molecule has 1 aliphatic rings. The molecule has 2 heterocycles. The molecule has 28 heavy (non-hydrogen) atoms. The van der Waals surface area contributed by atoms with Crippen molar-refractivity contribution in [1.82, 2.24) is 4.98 Å². The lowest BCUT2D eigenvalue weighted by Crippen LogP contribution is -2.45. The van der Waals surface area contributed by atoms with Crippen molar-refractivity contribution in [3.8, 4) is 0 Å². The lowest BCUT2D eigenvalue weighted by Gasteiger charge is -2.30. The Hall–Kier alpha value is -2.86. The lowest BCUT2D eigenvalue weighted by molar-refractivity contribution is -0.121. The smallest absolute Gasteiger partial charge is 0.244 e. The van der Waals surface area contributed by atoms with Crippen LogP contribution < -0.4 is 10.2 Å². The standard InChI is InChI=1S/C22H21N3O2S/c1-13-7-6-8-16-14(2)11-20(24-21(13)16)28-15(3)22(27)25-12-19(26)23-17-9-4-5-10-18(17)25/h4-11,15H,12H2,1-3H3,(H,23,26)/t15-/m1/s1. The van der Waals surface area contributed by atoms with Crippen molar-refractivity contribution in [3.05, 3.63) is 59.7 Å². The van der Waals surface area contributed by atoms with E-state index in [0.29, 0.717) is 5.69 Å². The fraction of sp³-hybridized carbons (Fsp3) is 0.227. The van der Waals surface area contributed by atoms with Crippen LogP contribution in [0.1, 0.15) is 18.1 Å². The molecule has 0 unspecified atom stereocenters. The number of nitrogens with one attached hydrogen (secondary N) is 1. The molecule has 0 spiro atoms. The Bertz CT molecular complexity index is 1100. The predicted molar refractivity (Wildman–Crippen MR) is 114 cm³/mol. The van der Waals surface area contributed by atoms with Crippen LogP contribution in [-0.4, -0.2) is 28.6 Å². The molecule has 1 aliphatic heterocycles. The molecule has 1 atom stereocenters. The first kappa shape index (κ1) is 18.5. The van der Waals surface area contributed by atoms with Gasteiger partial charge in [-0.15, -0.1) is 0 Å². The minimum Gasteiger partial charge on any atom is -0.323 e. The molecule has 1 aromatic heterocycles. The zero-order chi connectivity index (χ0) is 19.8. The van der Waals surface area contributed by atoms with Gasteiger partial charge in [0.05, 0.1) is 27.2 Å². The third-order valence-electron chi connectivity index (χ3n) is 4.91. The van der Waals surface area contributed by atoms with Crippen LogP contribution in [-0.2, 0) is 9.59 Å². The Morgan fingerprint density at radius 1 is 1.14 bits per heavy atom. The summed E-state index contributed by atoms with van der Waals surface area (Å²) in [6.45, 7) is 6.00. The Balaban J connectivity index is 1.61. The highest BCUT2D eigenvalue weighted by atomic mass is 32.2. The Labute approximate surface area is 168 Å². The molecular weight excluding hydrogens is 370 g/mol. The first-order valence-electron chi connectivity index (χ1n) is 9.18. The maximum Gasteiger partial charge on any atom is 0.244 e. The van der Waals surface area contributed by atoms with Crippen LogP contribution in [0.5, 0.6) is 0 Å². The van der Waals surface area contributed by atoms with Crippen molar-refractivity contribution in [2.75, 3.05) is 16.8 Å².